The second-order valence-electron chi connectivity index (χ2n) is 8.12. The van der Waals surface area contributed by atoms with E-state index in [1.807, 2.05) is 0 Å². The van der Waals surface area contributed by atoms with Crippen LogP contribution in [0.2, 0.25) is 0 Å². The van der Waals surface area contributed by atoms with Crippen molar-refractivity contribution >= 4 is 11.7 Å². The van der Waals surface area contributed by atoms with E-state index in [0.717, 1.165) is 12.8 Å². The highest BCUT2D eigenvalue weighted by Crippen LogP contribution is 2.30. The minimum atomic E-state index is -0.407. The maximum absolute atomic E-state index is 12.5. The summed E-state index contributed by atoms with van der Waals surface area (Å²) >= 11 is 0. The molecule has 7 heteroatoms. The van der Waals surface area contributed by atoms with Crippen LogP contribution in [-0.4, -0.2) is 23.2 Å². The number of esters is 1. The van der Waals surface area contributed by atoms with Gasteiger partial charge in [-0.05, 0) is 52.0 Å². The topological polar surface area (TPSA) is 122 Å². The van der Waals surface area contributed by atoms with Crippen molar-refractivity contribution in [3.63, 3.8) is 0 Å². The lowest BCUT2D eigenvalue weighted by molar-refractivity contribution is -0.00637. The number of benzene rings is 1. The number of nitrogens with zero attached hydrogens (tertiary/aromatic N) is 3. The van der Waals surface area contributed by atoms with Crippen molar-refractivity contribution in [1.29, 1.82) is 15.8 Å². The zero-order valence-electron chi connectivity index (χ0n) is 16.5. The molecule has 0 aromatic heterocycles. The van der Waals surface area contributed by atoms with Crippen LogP contribution in [0, 0.1) is 34.0 Å². The van der Waals surface area contributed by atoms with Crippen LogP contribution in [0.4, 0.5) is 5.69 Å². The van der Waals surface area contributed by atoms with Crippen LogP contribution in [0.15, 0.2) is 35.5 Å². The molecule has 28 heavy (non-hydrogen) atoms. The van der Waals surface area contributed by atoms with Gasteiger partial charge in [-0.2, -0.15) is 15.8 Å². The first-order chi connectivity index (χ1) is 13.1. The molecule has 2 N–H and O–H groups in total. The number of nitriles is 3. The molecule has 1 aromatic rings. The average molecular weight is 377 g/mol. The highest BCUT2D eigenvalue weighted by atomic mass is 16.5. The summed E-state index contributed by atoms with van der Waals surface area (Å²) in [4.78, 5) is 12.5. The standard InChI is InChI=1S/C21H23N5O2/c1-20(2)9-17(10-21(3,4)26-20)28-19(27)14-5-7-16(8-6-14)25-18(13-24)15(11-22)12-23/h5-8,17,25-26H,9-10H2,1-4H3. The van der Waals surface area contributed by atoms with Gasteiger partial charge in [0.15, 0.2) is 5.57 Å². The molecule has 0 bridgehead atoms. The number of carbonyl (C=O) groups is 1. The van der Waals surface area contributed by atoms with Crippen LogP contribution in [0.3, 0.4) is 0 Å². The lowest BCUT2D eigenvalue weighted by Crippen LogP contribution is -2.59. The van der Waals surface area contributed by atoms with Crippen LogP contribution in [-0.2, 0) is 4.74 Å². The van der Waals surface area contributed by atoms with E-state index in [0.29, 0.717) is 11.3 Å². The molecule has 1 saturated heterocycles. The molecule has 7 nitrogen and oxygen atoms in total. The Kier molecular flexibility index (Phi) is 6.09. The molecule has 0 aliphatic carbocycles. The molecule has 0 saturated carbocycles. The monoisotopic (exact) mass is 377 g/mol. The van der Waals surface area contributed by atoms with E-state index >= 15 is 0 Å². The third-order valence-corrected chi connectivity index (χ3v) is 4.40. The van der Waals surface area contributed by atoms with Gasteiger partial charge in [0.1, 0.15) is 30.0 Å². The number of anilines is 1. The van der Waals surface area contributed by atoms with Crippen molar-refractivity contribution < 1.29 is 9.53 Å². The molecule has 2 rings (SSSR count). The zero-order chi connectivity index (χ0) is 20.9. The minimum Gasteiger partial charge on any atom is -0.459 e. The van der Waals surface area contributed by atoms with E-state index in [2.05, 4.69) is 38.3 Å². The first-order valence-corrected chi connectivity index (χ1v) is 8.91. The van der Waals surface area contributed by atoms with Gasteiger partial charge < -0.3 is 15.4 Å². The van der Waals surface area contributed by atoms with Gasteiger partial charge in [-0.15, -0.1) is 0 Å². The smallest absolute Gasteiger partial charge is 0.338 e. The normalized spacial score (nSPS) is 17.3. The summed E-state index contributed by atoms with van der Waals surface area (Å²) in [5.41, 5.74) is 0.184. The Morgan fingerprint density at radius 2 is 1.57 bits per heavy atom. The Hall–Kier alpha value is -3.34. The molecule has 0 atom stereocenters. The van der Waals surface area contributed by atoms with Crippen LogP contribution < -0.4 is 10.6 Å². The molecule has 0 radical (unpaired) electrons. The van der Waals surface area contributed by atoms with Gasteiger partial charge in [0.2, 0.25) is 0 Å². The van der Waals surface area contributed by atoms with Crippen LogP contribution in [0.5, 0.6) is 0 Å². The lowest BCUT2D eigenvalue weighted by Gasteiger charge is -2.45. The van der Waals surface area contributed by atoms with Gasteiger partial charge in [-0.25, -0.2) is 4.79 Å². The fourth-order valence-electron chi connectivity index (χ4n) is 3.65. The van der Waals surface area contributed by atoms with Crippen LogP contribution in [0.1, 0.15) is 50.9 Å². The number of ether oxygens (including phenoxy) is 1. The number of carbonyl (C=O) groups excluding carboxylic acids is 1. The summed E-state index contributed by atoms with van der Waals surface area (Å²) in [6.45, 7) is 8.36. The lowest BCUT2D eigenvalue weighted by atomic mass is 9.81. The van der Waals surface area contributed by atoms with Crippen molar-refractivity contribution in [2.45, 2.75) is 57.7 Å². The third-order valence-electron chi connectivity index (χ3n) is 4.40. The van der Waals surface area contributed by atoms with Crippen molar-refractivity contribution in [1.82, 2.24) is 5.32 Å². The Morgan fingerprint density at radius 1 is 1.04 bits per heavy atom. The number of piperidine rings is 1. The number of rotatable bonds is 4. The summed E-state index contributed by atoms with van der Waals surface area (Å²) in [6, 6.07) is 11.5. The first kappa shape index (κ1) is 21.0. The zero-order valence-corrected chi connectivity index (χ0v) is 16.5. The molecule has 1 aromatic carbocycles. The number of nitrogens with one attached hydrogen (secondary N) is 2. The fourth-order valence-corrected chi connectivity index (χ4v) is 3.65. The van der Waals surface area contributed by atoms with Gasteiger partial charge in [-0.1, -0.05) is 0 Å². The number of allylic oxidation sites excluding steroid dienone is 2. The molecule has 1 fully saturated rings. The molecule has 1 heterocycles. The van der Waals surface area contributed by atoms with Gasteiger partial charge >= 0.3 is 5.97 Å². The molecule has 144 valence electrons. The average Bonchev–Trinajstić information content (AvgIpc) is 2.59. The van der Waals surface area contributed by atoms with Crippen molar-refractivity contribution in [3.05, 3.63) is 41.1 Å². The molecule has 0 amide bonds. The summed E-state index contributed by atoms with van der Waals surface area (Å²) in [6.07, 6.45) is 1.27. The Labute approximate surface area is 165 Å². The predicted octanol–water partition coefficient (Wildman–Crippen LogP) is 3.39. The molecular weight excluding hydrogens is 354 g/mol. The second-order valence-corrected chi connectivity index (χ2v) is 8.12. The van der Waals surface area contributed by atoms with Crippen molar-refractivity contribution in [3.8, 4) is 18.2 Å². The Balaban J connectivity index is 2.09. The maximum atomic E-state index is 12.5. The highest BCUT2D eigenvalue weighted by Gasteiger charge is 2.39. The molecule has 0 spiro atoms. The van der Waals surface area contributed by atoms with Crippen LogP contribution >= 0.6 is 0 Å². The van der Waals surface area contributed by atoms with Gasteiger partial charge in [-0.3, -0.25) is 0 Å². The molecule has 1 aliphatic rings. The van der Waals surface area contributed by atoms with Crippen molar-refractivity contribution in [2.24, 2.45) is 0 Å². The van der Waals surface area contributed by atoms with E-state index in [4.69, 9.17) is 20.5 Å². The summed E-state index contributed by atoms with van der Waals surface area (Å²) in [5, 5.41) is 33.1. The van der Waals surface area contributed by atoms with E-state index in [-0.39, 0.29) is 28.5 Å². The number of hydrogen-bond donors (Lipinski definition) is 2. The Morgan fingerprint density at radius 3 is 2.04 bits per heavy atom. The summed E-state index contributed by atoms with van der Waals surface area (Å²) in [7, 11) is 0. The van der Waals surface area contributed by atoms with Gasteiger partial charge in [0, 0.05) is 29.6 Å². The van der Waals surface area contributed by atoms with Gasteiger partial charge in [0.25, 0.3) is 0 Å². The van der Waals surface area contributed by atoms with E-state index in [1.54, 1.807) is 42.5 Å². The van der Waals surface area contributed by atoms with Gasteiger partial charge in [0.05, 0.1) is 5.56 Å². The summed E-state index contributed by atoms with van der Waals surface area (Å²) in [5.74, 6) is -0.407. The summed E-state index contributed by atoms with van der Waals surface area (Å²) < 4.78 is 5.72. The Bertz CT molecular complexity index is 876. The highest BCUT2D eigenvalue weighted by molar-refractivity contribution is 5.90. The minimum absolute atomic E-state index is 0.125. The van der Waals surface area contributed by atoms with E-state index in [1.165, 1.54) is 0 Å². The quantitative estimate of drug-likeness (QED) is 0.609. The molecule has 0 unspecified atom stereocenters. The molecule has 1 aliphatic heterocycles. The van der Waals surface area contributed by atoms with Crippen molar-refractivity contribution in [2.75, 3.05) is 5.32 Å². The number of hydrogen-bond acceptors (Lipinski definition) is 7. The predicted molar refractivity (Wildman–Crippen MR) is 104 cm³/mol. The van der Waals surface area contributed by atoms with E-state index < -0.39 is 5.97 Å². The second kappa shape index (κ2) is 8.13. The maximum Gasteiger partial charge on any atom is 0.338 e. The fraction of sp³-hybridized carbons (Fsp3) is 0.429. The molecular formula is C21H23N5O2. The van der Waals surface area contributed by atoms with E-state index in [9.17, 15) is 4.79 Å². The third kappa shape index (κ3) is 5.33. The first-order valence-electron chi connectivity index (χ1n) is 8.91. The SMILES string of the molecule is CC1(C)CC(OC(=O)c2ccc(NC(C#N)=C(C#N)C#N)cc2)CC(C)(C)N1. The van der Waals surface area contributed by atoms with Crippen LogP contribution in [0.25, 0.3) is 0 Å². The largest absolute Gasteiger partial charge is 0.459 e.